The minimum absolute atomic E-state index is 0.0120. The quantitative estimate of drug-likeness (QED) is 0.613. The van der Waals surface area contributed by atoms with Gasteiger partial charge in [-0.1, -0.05) is 18.2 Å². The Hall–Kier alpha value is -2.25. The number of carbonyl (C=O) groups is 1. The molecule has 2 heterocycles. The number of amides is 1. The lowest BCUT2D eigenvalue weighted by molar-refractivity contribution is -0.163. The van der Waals surface area contributed by atoms with Crippen molar-refractivity contribution < 1.29 is 24.1 Å². The maximum Gasteiger partial charge on any atom is 0.246 e. The van der Waals surface area contributed by atoms with Crippen LogP contribution in [0.3, 0.4) is 0 Å². The first-order valence-corrected chi connectivity index (χ1v) is 7.94. The summed E-state index contributed by atoms with van der Waals surface area (Å²) in [5, 5.41) is 13.6. The summed E-state index contributed by atoms with van der Waals surface area (Å²) >= 11 is 0. The Morgan fingerprint density at radius 3 is 3.00 bits per heavy atom. The van der Waals surface area contributed by atoms with Gasteiger partial charge in [0.1, 0.15) is 17.9 Å². The van der Waals surface area contributed by atoms with E-state index in [1.54, 1.807) is 4.90 Å². The number of nitrogens with zero attached hydrogens (tertiary/aromatic N) is 1. The molecule has 24 heavy (non-hydrogen) atoms. The van der Waals surface area contributed by atoms with E-state index in [4.69, 9.17) is 14.2 Å². The standard InChI is InChI=1S/C17H22N2O5/c1-13(23-12-24-14-6-3-2-4-7-14)19-9-5-8-17(16(19)21)11-22-10-15(20)18-17/h2-4,6-7,16,21H,1,5,8-12H2,(H,18,20). The third-order valence-electron chi connectivity index (χ3n) is 4.31. The highest BCUT2D eigenvalue weighted by Gasteiger charge is 2.48. The maximum absolute atomic E-state index is 11.6. The number of aliphatic hydroxyl groups excluding tert-OH is 1. The number of piperidine rings is 1. The molecule has 0 bridgehead atoms. The zero-order valence-corrected chi connectivity index (χ0v) is 13.4. The van der Waals surface area contributed by atoms with Gasteiger partial charge >= 0.3 is 0 Å². The average Bonchev–Trinajstić information content (AvgIpc) is 2.58. The lowest BCUT2D eigenvalue weighted by Gasteiger charge is -2.49. The van der Waals surface area contributed by atoms with Gasteiger partial charge in [-0.05, 0) is 31.6 Å². The van der Waals surface area contributed by atoms with Crippen molar-refractivity contribution in [3.8, 4) is 5.75 Å². The molecule has 0 aliphatic carbocycles. The van der Waals surface area contributed by atoms with Gasteiger partial charge in [-0.2, -0.15) is 0 Å². The van der Waals surface area contributed by atoms with Crippen LogP contribution in [0.2, 0.25) is 0 Å². The van der Waals surface area contributed by atoms with Crippen LogP contribution in [0.15, 0.2) is 42.8 Å². The maximum atomic E-state index is 11.6. The number of benzene rings is 1. The molecule has 130 valence electrons. The molecular formula is C17H22N2O5. The number of carbonyl (C=O) groups excluding carboxylic acids is 1. The number of aliphatic hydroxyl groups is 1. The van der Waals surface area contributed by atoms with Crippen LogP contribution in [-0.4, -0.2) is 54.2 Å². The van der Waals surface area contributed by atoms with Gasteiger partial charge in [0.25, 0.3) is 0 Å². The van der Waals surface area contributed by atoms with E-state index in [1.165, 1.54) is 0 Å². The molecule has 0 radical (unpaired) electrons. The second kappa shape index (κ2) is 7.11. The van der Waals surface area contributed by atoms with E-state index in [-0.39, 0.29) is 25.9 Å². The summed E-state index contributed by atoms with van der Waals surface area (Å²) in [5.41, 5.74) is -0.819. The molecule has 2 saturated heterocycles. The van der Waals surface area contributed by atoms with Crippen LogP contribution in [-0.2, 0) is 14.3 Å². The molecule has 1 amide bonds. The fourth-order valence-electron chi connectivity index (χ4n) is 3.09. The van der Waals surface area contributed by atoms with Crippen LogP contribution in [0, 0.1) is 0 Å². The number of hydrogen-bond acceptors (Lipinski definition) is 6. The van der Waals surface area contributed by atoms with E-state index < -0.39 is 11.8 Å². The lowest BCUT2D eigenvalue weighted by atomic mass is 9.86. The van der Waals surface area contributed by atoms with E-state index >= 15 is 0 Å². The first kappa shape index (κ1) is 16.6. The van der Waals surface area contributed by atoms with Crippen molar-refractivity contribution in [1.82, 2.24) is 10.2 Å². The highest BCUT2D eigenvalue weighted by atomic mass is 16.7. The first-order chi connectivity index (χ1) is 11.6. The van der Waals surface area contributed by atoms with Gasteiger partial charge in [-0.25, -0.2) is 0 Å². The fraction of sp³-hybridized carbons (Fsp3) is 0.471. The van der Waals surface area contributed by atoms with E-state index in [1.807, 2.05) is 30.3 Å². The van der Waals surface area contributed by atoms with Gasteiger partial charge in [0.2, 0.25) is 12.7 Å². The molecule has 2 atom stereocenters. The molecule has 0 aromatic heterocycles. The van der Waals surface area contributed by atoms with Crippen molar-refractivity contribution in [2.45, 2.75) is 24.6 Å². The zero-order valence-electron chi connectivity index (χ0n) is 13.4. The molecule has 1 aromatic carbocycles. The summed E-state index contributed by atoms with van der Waals surface area (Å²) in [4.78, 5) is 13.3. The molecule has 0 saturated carbocycles. The van der Waals surface area contributed by atoms with Crippen LogP contribution in [0.5, 0.6) is 5.75 Å². The average molecular weight is 334 g/mol. The summed E-state index contributed by atoms with van der Waals surface area (Å²) in [7, 11) is 0. The van der Waals surface area contributed by atoms with Gasteiger partial charge in [0, 0.05) is 6.54 Å². The molecule has 1 spiro atoms. The number of morpholine rings is 1. The number of likely N-dealkylation sites (tertiary alicyclic amines) is 1. The third kappa shape index (κ3) is 3.47. The predicted octanol–water partition coefficient (Wildman–Crippen LogP) is 0.810. The molecule has 3 rings (SSSR count). The van der Waals surface area contributed by atoms with Crippen molar-refractivity contribution in [3.05, 3.63) is 42.8 Å². The fourth-order valence-corrected chi connectivity index (χ4v) is 3.09. The summed E-state index contributed by atoms with van der Waals surface area (Å²) in [5.74, 6) is 0.771. The van der Waals surface area contributed by atoms with Crippen LogP contribution in [0.25, 0.3) is 0 Å². The van der Waals surface area contributed by atoms with Crippen LogP contribution in [0.1, 0.15) is 12.8 Å². The molecule has 7 nitrogen and oxygen atoms in total. The molecule has 1 aromatic rings. The second-order valence-corrected chi connectivity index (χ2v) is 5.98. The molecule has 2 fully saturated rings. The van der Waals surface area contributed by atoms with E-state index in [2.05, 4.69) is 11.9 Å². The van der Waals surface area contributed by atoms with Crippen molar-refractivity contribution in [2.24, 2.45) is 0 Å². The molecular weight excluding hydrogens is 312 g/mol. The smallest absolute Gasteiger partial charge is 0.246 e. The van der Waals surface area contributed by atoms with Gasteiger partial charge in [0.15, 0.2) is 12.1 Å². The topological polar surface area (TPSA) is 80.3 Å². The van der Waals surface area contributed by atoms with Crippen molar-refractivity contribution in [3.63, 3.8) is 0 Å². The van der Waals surface area contributed by atoms with Crippen LogP contribution < -0.4 is 10.1 Å². The lowest BCUT2D eigenvalue weighted by Crippen LogP contribution is -2.69. The van der Waals surface area contributed by atoms with Crippen molar-refractivity contribution in [1.29, 1.82) is 0 Å². The number of ether oxygens (including phenoxy) is 3. The Morgan fingerprint density at radius 2 is 2.25 bits per heavy atom. The van der Waals surface area contributed by atoms with Gasteiger partial charge in [-0.15, -0.1) is 0 Å². The Bertz CT molecular complexity index is 590. The summed E-state index contributed by atoms with van der Waals surface area (Å²) < 4.78 is 16.3. The highest BCUT2D eigenvalue weighted by Crippen LogP contribution is 2.31. The zero-order chi connectivity index (χ0) is 17.0. The van der Waals surface area contributed by atoms with Crippen LogP contribution in [0.4, 0.5) is 0 Å². The minimum atomic E-state index is -0.959. The number of rotatable bonds is 5. The monoisotopic (exact) mass is 334 g/mol. The third-order valence-corrected chi connectivity index (χ3v) is 4.31. The molecule has 2 unspecified atom stereocenters. The van der Waals surface area contributed by atoms with Gasteiger partial charge in [0.05, 0.1) is 6.61 Å². The number of nitrogens with one attached hydrogen (secondary N) is 1. The largest absolute Gasteiger partial charge is 0.457 e. The Kier molecular flexibility index (Phi) is 4.92. The SMILES string of the molecule is C=C(OCOc1ccccc1)N1CCCC2(COCC(=O)N2)C1O. The number of para-hydroxylation sites is 1. The Morgan fingerprint density at radius 1 is 1.46 bits per heavy atom. The molecule has 2 aliphatic rings. The molecule has 2 aliphatic heterocycles. The predicted molar refractivity (Wildman–Crippen MR) is 85.8 cm³/mol. The first-order valence-electron chi connectivity index (χ1n) is 7.94. The van der Waals surface area contributed by atoms with E-state index in [0.717, 1.165) is 6.42 Å². The van der Waals surface area contributed by atoms with Crippen molar-refractivity contribution in [2.75, 3.05) is 26.6 Å². The van der Waals surface area contributed by atoms with Crippen molar-refractivity contribution >= 4 is 5.91 Å². The molecule has 2 N–H and O–H groups in total. The number of hydrogen-bond donors (Lipinski definition) is 2. The minimum Gasteiger partial charge on any atom is -0.457 e. The Labute approximate surface area is 140 Å². The van der Waals surface area contributed by atoms with Gasteiger partial charge in [-0.3, -0.25) is 4.79 Å². The van der Waals surface area contributed by atoms with E-state index in [9.17, 15) is 9.90 Å². The summed E-state index contributed by atoms with van der Waals surface area (Å²) in [6.07, 6.45) is 0.465. The summed E-state index contributed by atoms with van der Waals surface area (Å²) in [6, 6.07) is 9.29. The van der Waals surface area contributed by atoms with Gasteiger partial charge < -0.3 is 29.5 Å². The highest BCUT2D eigenvalue weighted by molar-refractivity contribution is 5.78. The molecule has 7 heteroatoms. The normalized spacial score (nSPS) is 26.8. The summed E-state index contributed by atoms with van der Waals surface area (Å²) in [6.45, 7) is 4.73. The van der Waals surface area contributed by atoms with E-state index in [0.29, 0.717) is 24.6 Å². The second-order valence-electron chi connectivity index (χ2n) is 5.98. The van der Waals surface area contributed by atoms with Crippen LogP contribution >= 0.6 is 0 Å². The Balaban J connectivity index is 1.57.